The second kappa shape index (κ2) is 5.38. The molecule has 2 aromatic rings. The zero-order chi connectivity index (χ0) is 16.8. The van der Waals surface area contributed by atoms with Crippen molar-refractivity contribution in [2.45, 2.75) is 36.6 Å². The summed E-state index contributed by atoms with van der Waals surface area (Å²) in [6.45, 7) is 4.76. The van der Waals surface area contributed by atoms with Crippen LogP contribution in [0.1, 0.15) is 26.3 Å². The van der Waals surface area contributed by atoms with E-state index in [1.165, 1.54) is 23.6 Å². The smallest absolute Gasteiger partial charge is 0.223 e. The van der Waals surface area contributed by atoms with Gasteiger partial charge in [0, 0.05) is 10.3 Å². The van der Waals surface area contributed by atoms with Crippen molar-refractivity contribution in [1.82, 2.24) is 0 Å². The molecule has 0 atom stereocenters. The monoisotopic (exact) mass is 348 g/mol. The lowest BCUT2D eigenvalue weighted by Gasteiger charge is -2.17. The summed E-state index contributed by atoms with van der Waals surface area (Å²) in [5.74, 6) is 0. The molecule has 0 fully saturated rings. The predicted octanol–water partition coefficient (Wildman–Crippen LogP) is 5.01. The molecule has 2 nitrogen and oxygen atoms in total. The maximum Gasteiger partial charge on any atom is 0.416 e. The van der Waals surface area contributed by atoms with Gasteiger partial charge in [-0.05, 0) is 44.5 Å². The summed E-state index contributed by atoms with van der Waals surface area (Å²) in [6.07, 6.45) is -4.42. The number of alkyl halides is 3. The average Bonchev–Trinajstić information content (AvgIpc) is 2.86. The fourth-order valence-electron chi connectivity index (χ4n) is 1.81. The topological polar surface area (TPSA) is 34.1 Å². The first-order chi connectivity index (χ1) is 9.93. The van der Waals surface area contributed by atoms with Crippen LogP contribution in [0.25, 0.3) is 10.4 Å². The van der Waals surface area contributed by atoms with Crippen LogP contribution in [-0.2, 0) is 16.0 Å². The van der Waals surface area contributed by atoms with Crippen molar-refractivity contribution in [3.63, 3.8) is 0 Å². The third-order valence-corrected chi connectivity index (χ3v) is 6.76. The van der Waals surface area contributed by atoms with Gasteiger partial charge in [-0.2, -0.15) is 13.2 Å². The molecule has 0 bridgehead atoms. The van der Waals surface area contributed by atoms with Gasteiger partial charge in [-0.1, -0.05) is 12.1 Å². The SMILES string of the molecule is CC(C)(C)S(=O)(=O)c1csc(-c2cccc(C(F)(F)F)c2)c1. The fourth-order valence-corrected chi connectivity index (χ4v) is 4.29. The zero-order valence-electron chi connectivity index (χ0n) is 12.2. The molecule has 0 aliphatic carbocycles. The van der Waals surface area contributed by atoms with Crippen LogP contribution in [0.2, 0.25) is 0 Å². The van der Waals surface area contributed by atoms with Gasteiger partial charge < -0.3 is 0 Å². The van der Waals surface area contributed by atoms with E-state index in [2.05, 4.69) is 0 Å². The Morgan fingerprint density at radius 3 is 2.23 bits per heavy atom. The Kier molecular flexibility index (Phi) is 4.16. The summed E-state index contributed by atoms with van der Waals surface area (Å²) in [6, 6.07) is 6.30. The first-order valence-electron chi connectivity index (χ1n) is 6.44. The summed E-state index contributed by atoms with van der Waals surface area (Å²) in [5.41, 5.74) is -0.395. The first kappa shape index (κ1) is 17.0. The third-order valence-electron chi connectivity index (χ3n) is 3.17. The summed E-state index contributed by atoms with van der Waals surface area (Å²) in [5, 5.41) is 1.47. The van der Waals surface area contributed by atoms with Crippen LogP contribution >= 0.6 is 11.3 Å². The minimum atomic E-state index is -4.42. The van der Waals surface area contributed by atoms with Gasteiger partial charge in [-0.15, -0.1) is 11.3 Å². The second-order valence-corrected chi connectivity index (χ2v) is 9.46. The van der Waals surface area contributed by atoms with Crippen molar-refractivity contribution in [3.05, 3.63) is 41.3 Å². The molecule has 0 N–H and O–H groups in total. The number of rotatable bonds is 2. The van der Waals surface area contributed by atoms with E-state index in [4.69, 9.17) is 0 Å². The highest BCUT2D eigenvalue weighted by Gasteiger charge is 2.32. The molecule has 0 radical (unpaired) electrons. The molecule has 0 saturated heterocycles. The molecule has 1 aromatic heterocycles. The van der Waals surface area contributed by atoms with Crippen molar-refractivity contribution < 1.29 is 21.6 Å². The fraction of sp³-hybridized carbons (Fsp3) is 0.333. The Morgan fingerprint density at radius 2 is 1.68 bits per heavy atom. The largest absolute Gasteiger partial charge is 0.416 e. The molecule has 0 amide bonds. The highest BCUT2D eigenvalue weighted by Crippen LogP contribution is 2.36. The van der Waals surface area contributed by atoms with Gasteiger partial charge in [0.2, 0.25) is 0 Å². The van der Waals surface area contributed by atoms with Gasteiger partial charge in [0.25, 0.3) is 0 Å². The quantitative estimate of drug-likeness (QED) is 0.765. The van der Waals surface area contributed by atoms with Gasteiger partial charge in [0.1, 0.15) is 0 Å². The molecular weight excluding hydrogens is 333 g/mol. The van der Waals surface area contributed by atoms with Crippen LogP contribution in [0.4, 0.5) is 13.2 Å². The number of hydrogen-bond donors (Lipinski definition) is 0. The van der Waals surface area contributed by atoms with E-state index in [-0.39, 0.29) is 4.90 Å². The van der Waals surface area contributed by atoms with E-state index in [9.17, 15) is 21.6 Å². The number of hydrogen-bond acceptors (Lipinski definition) is 3. The summed E-state index contributed by atoms with van der Waals surface area (Å²) in [4.78, 5) is 0.631. The Hall–Kier alpha value is -1.34. The molecule has 1 heterocycles. The molecule has 0 spiro atoms. The molecule has 0 saturated carbocycles. The summed E-state index contributed by atoms with van der Waals surface area (Å²) >= 11 is 1.12. The van der Waals surface area contributed by atoms with Crippen LogP contribution in [0.15, 0.2) is 40.6 Å². The van der Waals surface area contributed by atoms with Crippen molar-refractivity contribution in [2.24, 2.45) is 0 Å². The number of halogens is 3. The predicted molar refractivity (Wildman–Crippen MR) is 81.7 cm³/mol. The van der Waals surface area contributed by atoms with Crippen molar-refractivity contribution in [1.29, 1.82) is 0 Å². The van der Waals surface area contributed by atoms with E-state index in [0.29, 0.717) is 10.4 Å². The molecule has 22 heavy (non-hydrogen) atoms. The normalized spacial score (nSPS) is 13.4. The van der Waals surface area contributed by atoms with E-state index >= 15 is 0 Å². The summed E-state index contributed by atoms with van der Waals surface area (Å²) < 4.78 is 62.0. The molecular formula is C15H15F3O2S2. The number of benzene rings is 1. The van der Waals surface area contributed by atoms with E-state index in [0.717, 1.165) is 23.5 Å². The van der Waals surface area contributed by atoms with Crippen molar-refractivity contribution >= 4 is 21.2 Å². The molecule has 2 rings (SSSR count). The summed E-state index contributed by atoms with van der Waals surface area (Å²) in [7, 11) is -3.51. The Balaban J connectivity index is 2.46. The van der Waals surface area contributed by atoms with Gasteiger partial charge >= 0.3 is 6.18 Å². The minimum Gasteiger partial charge on any atom is -0.223 e. The second-order valence-electron chi connectivity index (χ2n) is 5.84. The standard InChI is InChI=1S/C15H15F3O2S2/c1-14(2,3)22(19,20)12-8-13(21-9-12)10-5-4-6-11(7-10)15(16,17)18/h4-9H,1-3H3. The lowest BCUT2D eigenvalue weighted by molar-refractivity contribution is -0.137. The van der Waals surface area contributed by atoms with Gasteiger partial charge in [-0.3, -0.25) is 0 Å². The minimum absolute atomic E-state index is 0.136. The van der Waals surface area contributed by atoms with Gasteiger partial charge in [0.05, 0.1) is 15.2 Å². The zero-order valence-corrected chi connectivity index (χ0v) is 13.9. The molecule has 1 aromatic carbocycles. The van der Waals surface area contributed by atoms with Crippen LogP contribution in [0.3, 0.4) is 0 Å². The Morgan fingerprint density at radius 1 is 1.05 bits per heavy atom. The van der Waals surface area contributed by atoms with Crippen LogP contribution in [0, 0.1) is 0 Å². The molecule has 0 unspecified atom stereocenters. The van der Waals surface area contributed by atoms with E-state index in [1.807, 2.05) is 0 Å². The van der Waals surface area contributed by atoms with Crippen LogP contribution < -0.4 is 0 Å². The molecule has 120 valence electrons. The highest BCUT2D eigenvalue weighted by atomic mass is 32.2. The van der Waals surface area contributed by atoms with Crippen LogP contribution in [0.5, 0.6) is 0 Å². The molecule has 0 aliphatic rings. The number of sulfone groups is 1. The maximum atomic E-state index is 12.7. The van der Waals surface area contributed by atoms with Crippen molar-refractivity contribution in [2.75, 3.05) is 0 Å². The number of thiophene rings is 1. The molecule has 7 heteroatoms. The van der Waals surface area contributed by atoms with E-state index in [1.54, 1.807) is 20.8 Å². The lowest BCUT2D eigenvalue weighted by Crippen LogP contribution is -2.27. The van der Waals surface area contributed by atoms with Gasteiger partial charge in [0.15, 0.2) is 9.84 Å². The van der Waals surface area contributed by atoms with Crippen molar-refractivity contribution in [3.8, 4) is 10.4 Å². The lowest BCUT2D eigenvalue weighted by atomic mass is 10.1. The average molecular weight is 348 g/mol. The maximum absolute atomic E-state index is 12.7. The third kappa shape index (κ3) is 3.20. The first-order valence-corrected chi connectivity index (χ1v) is 8.80. The highest BCUT2D eigenvalue weighted by molar-refractivity contribution is 7.92. The van der Waals surface area contributed by atoms with Gasteiger partial charge in [-0.25, -0.2) is 8.42 Å². The Bertz CT molecular complexity index is 782. The van der Waals surface area contributed by atoms with Crippen LogP contribution in [-0.4, -0.2) is 13.2 Å². The van der Waals surface area contributed by atoms with E-state index < -0.39 is 26.3 Å². The molecule has 0 aliphatic heterocycles. The Labute approximate surface area is 131 Å².